The van der Waals surface area contributed by atoms with E-state index in [9.17, 15) is 0 Å². The van der Waals surface area contributed by atoms with Crippen molar-refractivity contribution in [2.45, 2.75) is 13.1 Å². The zero-order valence-corrected chi connectivity index (χ0v) is 12.0. The third-order valence-electron chi connectivity index (χ3n) is 2.99. The molecule has 0 aliphatic rings. The summed E-state index contributed by atoms with van der Waals surface area (Å²) in [6.07, 6.45) is 3.24. The number of thiophene rings is 1. The Labute approximate surface area is 126 Å². The van der Waals surface area contributed by atoms with Crippen LogP contribution in [-0.2, 0) is 13.1 Å². The Bertz CT molecular complexity index is 754. The lowest BCUT2D eigenvalue weighted by atomic mass is 10.2. The van der Waals surface area contributed by atoms with Crippen molar-refractivity contribution in [3.63, 3.8) is 0 Å². The highest BCUT2D eigenvalue weighted by molar-refractivity contribution is 7.10. The molecular weight excluding hydrogens is 282 g/mol. The molecule has 6 heteroatoms. The van der Waals surface area contributed by atoms with E-state index in [0.717, 1.165) is 28.2 Å². The van der Waals surface area contributed by atoms with Gasteiger partial charge in [0.05, 0.1) is 12.1 Å². The monoisotopic (exact) mass is 295 g/mol. The molecule has 21 heavy (non-hydrogen) atoms. The quantitative estimate of drug-likeness (QED) is 0.786. The summed E-state index contributed by atoms with van der Waals surface area (Å²) in [4.78, 5) is 5.08. The lowest BCUT2D eigenvalue weighted by Crippen LogP contribution is -2.02. The second-order valence-corrected chi connectivity index (χ2v) is 5.56. The van der Waals surface area contributed by atoms with Crippen LogP contribution in [0.5, 0.6) is 0 Å². The van der Waals surface area contributed by atoms with Crippen molar-refractivity contribution in [2.75, 3.05) is 5.32 Å². The Morgan fingerprint density at radius 2 is 2.29 bits per heavy atom. The van der Waals surface area contributed by atoms with E-state index >= 15 is 0 Å². The van der Waals surface area contributed by atoms with Crippen molar-refractivity contribution in [3.05, 3.63) is 64.4 Å². The largest absolute Gasteiger partial charge is 0.380 e. The molecule has 2 aromatic heterocycles. The Balaban J connectivity index is 1.64. The first-order chi connectivity index (χ1) is 10.3. The SMILES string of the molecule is N#Cc1csc(CNc2cccc(Cn3cncn3)c2)c1. The van der Waals surface area contributed by atoms with Gasteiger partial charge in [-0.15, -0.1) is 11.3 Å². The highest BCUT2D eigenvalue weighted by atomic mass is 32.1. The van der Waals surface area contributed by atoms with Gasteiger partial charge < -0.3 is 5.32 Å². The van der Waals surface area contributed by atoms with Gasteiger partial charge in [-0.1, -0.05) is 12.1 Å². The van der Waals surface area contributed by atoms with Crippen molar-refractivity contribution in [3.8, 4) is 6.07 Å². The maximum atomic E-state index is 8.82. The first kappa shape index (κ1) is 13.3. The van der Waals surface area contributed by atoms with Crippen molar-refractivity contribution in [1.29, 1.82) is 5.26 Å². The molecule has 0 atom stereocenters. The molecule has 104 valence electrons. The lowest BCUT2D eigenvalue weighted by Gasteiger charge is -2.07. The fourth-order valence-corrected chi connectivity index (χ4v) is 2.75. The van der Waals surface area contributed by atoms with Gasteiger partial charge in [0.15, 0.2) is 0 Å². The topological polar surface area (TPSA) is 66.5 Å². The Morgan fingerprint density at radius 3 is 3.05 bits per heavy atom. The number of rotatable bonds is 5. The molecular formula is C15H13N5S. The second-order valence-electron chi connectivity index (χ2n) is 4.56. The fraction of sp³-hybridized carbons (Fsp3) is 0.133. The second kappa shape index (κ2) is 6.20. The standard InChI is InChI=1S/C15H13N5S/c16-6-13-5-15(21-9-13)7-18-14-3-1-2-12(4-14)8-20-11-17-10-19-20/h1-5,9-11,18H,7-8H2. The molecule has 3 aromatic rings. The average molecular weight is 295 g/mol. The summed E-state index contributed by atoms with van der Waals surface area (Å²) in [5.74, 6) is 0. The number of nitrogens with zero attached hydrogens (tertiary/aromatic N) is 4. The molecule has 0 fully saturated rings. The highest BCUT2D eigenvalue weighted by Crippen LogP contribution is 2.17. The molecule has 0 saturated heterocycles. The van der Waals surface area contributed by atoms with E-state index in [1.165, 1.54) is 6.33 Å². The van der Waals surface area contributed by atoms with Gasteiger partial charge in [-0.2, -0.15) is 10.4 Å². The number of hydrogen-bond acceptors (Lipinski definition) is 5. The fourth-order valence-electron chi connectivity index (χ4n) is 2.00. The van der Waals surface area contributed by atoms with Gasteiger partial charge in [-0.3, -0.25) is 0 Å². The number of benzene rings is 1. The highest BCUT2D eigenvalue weighted by Gasteiger charge is 2.01. The zero-order valence-electron chi connectivity index (χ0n) is 11.2. The summed E-state index contributed by atoms with van der Waals surface area (Å²) in [5.41, 5.74) is 2.94. The third-order valence-corrected chi connectivity index (χ3v) is 3.92. The predicted molar refractivity (Wildman–Crippen MR) is 81.9 cm³/mol. The molecule has 0 amide bonds. The van der Waals surface area contributed by atoms with E-state index in [1.807, 2.05) is 23.6 Å². The van der Waals surface area contributed by atoms with Gasteiger partial charge in [0.25, 0.3) is 0 Å². The number of nitrogens with one attached hydrogen (secondary N) is 1. The van der Waals surface area contributed by atoms with E-state index in [4.69, 9.17) is 5.26 Å². The van der Waals surface area contributed by atoms with Crippen molar-refractivity contribution >= 4 is 17.0 Å². The predicted octanol–water partition coefficient (Wildman–Crippen LogP) is 2.87. The Morgan fingerprint density at radius 1 is 1.33 bits per heavy atom. The Hall–Kier alpha value is -2.65. The van der Waals surface area contributed by atoms with Gasteiger partial charge in [-0.25, -0.2) is 9.67 Å². The molecule has 2 heterocycles. The molecule has 3 rings (SSSR count). The molecule has 0 unspecified atom stereocenters. The molecule has 5 nitrogen and oxygen atoms in total. The van der Waals surface area contributed by atoms with E-state index < -0.39 is 0 Å². The van der Waals surface area contributed by atoms with Crippen LogP contribution in [0.2, 0.25) is 0 Å². The summed E-state index contributed by atoms with van der Waals surface area (Å²) in [5, 5.41) is 18.2. The number of nitriles is 1. The van der Waals surface area contributed by atoms with Gasteiger partial charge in [0.1, 0.15) is 18.7 Å². The summed E-state index contributed by atoms with van der Waals surface area (Å²) < 4.78 is 1.79. The van der Waals surface area contributed by atoms with Crippen molar-refractivity contribution in [1.82, 2.24) is 14.8 Å². The average Bonchev–Trinajstić information content (AvgIpc) is 3.17. The zero-order chi connectivity index (χ0) is 14.5. The maximum absolute atomic E-state index is 8.82. The number of anilines is 1. The Kier molecular flexibility index (Phi) is 3.94. The minimum atomic E-state index is 0.701. The van der Waals surface area contributed by atoms with Crippen LogP contribution in [0.25, 0.3) is 0 Å². The minimum absolute atomic E-state index is 0.701. The van der Waals surface area contributed by atoms with Crippen LogP contribution >= 0.6 is 11.3 Å². The van der Waals surface area contributed by atoms with Crippen LogP contribution in [0.15, 0.2) is 48.4 Å². The van der Waals surface area contributed by atoms with Crippen LogP contribution < -0.4 is 5.32 Å². The normalized spacial score (nSPS) is 10.2. The van der Waals surface area contributed by atoms with Crippen LogP contribution in [0.1, 0.15) is 16.0 Å². The van der Waals surface area contributed by atoms with Gasteiger partial charge in [-0.05, 0) is 23.8 Å². The molecule has 0 bridgehead atoms. The first-order valence-electron chi connectivity index (χ1n) is 6.46. The van der Waals surface area contributed by atoms with Crippen LogP contribution in [0.3, 0.4) is 0 Å². The van der Waals surface area contributed by atoms with E-state index in [0.29, 0.717) is 6.54 Å². The molecule has 0 saturated carbocycles. The molecule has 1 N–H and O–H groups in total. The minimum Gasteiger partial charge on any atom is -0.380 e. The first-order valence-corrected chi connectivity index (χ1v) is 7.34. The van der Waals surface area contributed by atoms with Crippen molar-refractivity contribution < 1.29 is 0 Å². The summed E-state index contributed by atoms with van der Waals surface area (Å²) in [6, 6.07) is 12.3. The van der Waals surface area contributed by atoms with E-state index in [1.54, 1.807) is 22.3 Å². The lowest BCUT2D eigenvalue weighted by molar-refractivity contribution is 0.685. The van der Waals surface area contributed by atoms with Gasteiger partial charge in [0, 0.05) is 22.5 Å². The maximum Gasteiger partial charge on any atom is 0.137 e. The van der Waals surface area contributed by atoms with Gasteiger partial charge in [0.2, 0.25) is 0 Å². The molecule has 0 aliphatic carbocycles. The van der Waals surface area contributed by atoms with Crippen LogP contribution in [0.4, 0.5) is 5.69 Å². The van der Waals surface area contributed by atoms with Gasteiger partial charge >= 0.3 is 0 Å². The molecule has 0 aliphatic heterocycles. The van der Waals surface area contributed by atoms with E-state index in [2.05, 4.69) is 33.6 Å². The smallest absolute Gasteiger partial charge is 0.137 e. The summed E-state index contributed by atoms with van der Waals surface area (Å²) >= 11 is 1.59. The number of hydrogen-bond donors (Lipinski definition) is 1. The summed E-state index contributed by atoms with van der Waals surface area (Å²) in [6.45, 7) is 1.42. The molecule has 0 spiro atoms. The third kappa shape index (κ3) is 3.46. The van der Waals surface area contributed by atoms with Crippen LogP contribution in [-0.4, -0.2) is 14.8 Å². The van der Waals surface area contributed by atoms with Crippen molar-refractivity contribution in [2.24, 2.45) is 0 Å². The molecule has 1 aromatic carbocycles. The number of aromatic nitrogens is 3. The van der Waals surface area contributed by atoms with Crippen LogP contribution in [0, 0.1) is 11.3 Å². The summed E-state index contributed by atoms with van der Waals surface area (Å²) in [7, 11) is 0. The molecule has 0 radical (unpaired) electrons. The van der Waals surface area contributed by atoms with E-state index in [-0.39, 0.29) is 0 Å².